The summed E-state index contributed by atoms with van der Waals surface area (Å²) in [6, 6.07) is 9.57. The van der Waals surface area contributed by atoms with Gasteiger partial charge in [0.1, 0.15) is 5.65 Å². The Morgan fingerprint density at radius 1 is 1.39 bits per heavy atom. The van der Waals surface area contributed by atoms with E-state index in [0.717, 1.165) is 24.9 Å². The number of nitriles is 1. The van der Waals surface area contributed by atoms with Gasteiger partial charge in [0.2, 0.25) is 5.95 Å². The van der Waals surface area contributed by atoms with Crippen LogP contribution in [-0.2, 0) is 6.54 Å². The average Bonchev–Trinajstić information content (AvgIpc) is 3.05. The number of H-pyrrole nitrogens is 1. The van der Waals surface area contributed by atoms with Gasteiger partial charge >= 0.3 is 0 Å². The maximum atomic E-state index is 13.3. The molecule has 2 aromatic heterocycles. The number of aromatic nitrogens is 3. The normalized spacial score (nSPS) is 16.6. The zero-order valence-corrected chi connectivity index (χ0v) is 17.5. The van der Waals surface area contributed by atoms with Crippen molar-refractivity contribution in [2.75, 3.05) is 18.0 Å². The van der Waals surface area contributed by atoms with Crippen LogP contribution in [0.1, 0.15) is 24.0 Å². The Labute approximate surface area is 176 Å². The summed E-state index contributed by atoms with van der Waals surface area (Å²) in [7, 11) is 0. The number of aromatic amines is 1. The van der Waals surface area contributed by atoms with E-state index >= 15 is 0 Å². The Morgan fingerprint density at radius 2 is 2.18 bits per heavy atom. The van der Waals surface area contributed by atoms with Crippen LogP contribution in [0.15, 0.2) is 39.7 Å². The molecule has 0 bridgehead atoms. The fourth-order valence-corrected chi connectivity index (χ4v) is 4.05. The molecular formula is C19H20BrClN6O. The van der Waals surface area contributed by atoms with Gasteiger partial charge in [0.05, 0.1) is 28.0 Å². The number of rotatable bonds is 3. The number of nitrogens with zero attached hydrogens (tertiary/aromatic N) is 4. The molecule has 1 aliphatic rings. The molecule has 1 atom stereocenters. The van der Waals surface area contributed by atoms with Crippen LogP contribution >= 0.6 is 28.3 Å². The van der Waals surface area contributed by atoms with E-state index in [4.69, 9.17) is 10.7 Å². The molecule has 7 nitrogen and oxygen atoms in total. The maximum absolute atomic E-state index is 13.3. The van der Waals surface area contributed by atoms with Crippen LogP contribution < -0.4 is 16.2 Å². The number of fused-ring (bicyclic) bond motifs is 1. The summed E-state index contributed by atoms with van der Waals surface area (Å²) < 4.78 is 2.33. The highest BCUT2D eigenvalue weighted by molar-refractivity contribution is 9.10. The van der Waals surface area contributed by atoms with Gasteiger partial charge < -0.3 is 15.6 Å². The van der Waals surface area contributed by atoms with E-state index in [2.05, 4.69) is 31.9 Å². The molecule has 9 heteroatoms. The first-order chi connectivity index (χ1) is 13.1. The van der Waals surface area contributed by atoms with Crippen molar-refractivity contribution >= 4 is 45.3 Å². The quantitative estimate of drug-likeness (QED) is 0.621. The molecule has 28 heavy (non-hydrogen) atoms. The lowest BCUT2D eigenvalue weighted by molar-refractivity contribution is 0.491. The highest BCUT2D eigenvalue weighted by atomic mass is 79.9. The number of hydrogen-bond acceptors (Lipinski definition) is 5. The van der Waals surface area contributed by atoms with Crippen LogP contribution in [0.25, 0.3) is 11.0 Å². The third-order valence-corrected chi connectivity index (χ3v) is 5.56. The maximum Gasteiger partial charge on any atom is 0.265 e. The van der Waals surface area contributed by atoms with Crippen molar-refractivity contribution < 1.29 is 0 Å². The zero-order chi connectivity index (χ0) is 19.0. The lowest BCUT2D eigenvalue weighted by Crippen LogP contribution is -2.45. The highest BCUT2D eigenvalue weighted by Crippen LogP contribution is 2.24. The van der Waals surface area contributed by atoms with Crippen molar-refractivity contribution in [3.8, 4) is 6.07 Å². The Balaban J connectivity index is 0.00000225. The van der Waals surface area contributed by atoms with Crippen LogP contribution in [0.3, 0.4) is 0 Å². The fraction of sp³-hybridized carbons (Fsp3) is 0.316. The lowest BCUT2D eigenvalue weighted by atomic mass is 10.1. The Hall–Kier alpha value is -2.34. The van der Waals surface area contributed by atoms with E-state index in [1.807, 2.05) is 18.2 Å². The predicted octanol–water partition coefficient (Wildman–Crippen LogP) is 2.76. The molecule has 0 radical (unpaired) electrons. The van der Waals surface area contributed by atoms with E-state index in [9.17, 15) is 10.1 Å². The van der Waals surface area contributed by atoms with Gasteiger partial charge in [-0.2, -0.15) is 10.2 Å². The Morgan fingerprint density at radius 3 is 2.93 bits per heavy atom. The summed E-state index contributed by atoms with van der Waals surface area (Å²) in [4.78, 5) is 23.1. The van der Waals surface area contributed by atoms with Crippen LogP contribution in [-0.4, -0.2) is 33.7 Å². The standard InChI is InChI=1S/C19H19BrN6O.ClH/c20-15-9-23-17-16(15)18(27)26(10-13-5-2-1-4-12(13)8-21)19(24-17)25-7-3-6-14(22)11-25;/h1-2,4-5,9,14,23H,3,6-7,10-11,22H2;1H/t14-;/m1./s1. The molecule has 0 aliphatic carbocycles. The summed E-state index contributed by atoms with van der Waals surface area (Å²) in [6.07, 6.45) is 3.64. The number of halogens is 2. The smallest absolute Gasteiger partial charge is 0.265 e. The minimum Gasteiger partial charge on any atom is -0.345 e. The molecule has 0 saturated carbocycles. The molecule has 3 heterocycles. The lowest BCUT2D eigenvalue weighted by Gasteiger charge is -2.33. The second-order valence-corrected chi connectivity index (χ2v) is 7.63. The third-order valence-electron chi connectivity index (χ3n) is 4.93. The topological polar surface area (TPSA) is 104 Å². The number of piperidine rings is 1. The van der Waals surface area contributed by atoms with Crippen LogP contribution in [0.4, 0.5) is 5.95 Å². The summed E-state index contributed by atoms with van der Waals surface area (Å²) >= 11 is 3.43. The number of nitrogens with one attached hydrogen (secondary N) is 1. The molecule has 1 saturated heterocycles. The zero-order valence-electron chi connectivity index (χ0n) is 15.1. The minimum atomic E-state index is -0.144. The number of hydrogen-bond donors (Lipinski definition) is 2. The van der Waals surface area contributed by atoms with E-state index in [1.54, 1.807) is 16.8 Å². The van der Waals surface area contributed by atoms with Crippen LogP contribution in [0, 0.1) is 11.3 Å². The third kappa shape index (κ3) is 3.65. The number of benzene rings is 1. The van der Waals surface area contributed by atoms with Crippen molar-refractivity contribution in [2.24, 2.45) is 5.73 Å². The molecule has 1 aromatic carbocycles. The molecule has 0 amide bonds. The van der Waals surface area contributed by atoms with Gasteiger partial charge in [-0.1, -0.05) is 18.2 Å². The SMILES string of the molecule is Cl.N#Cc1ccccc1Cn1c(N2CCC[C@@H](N)C2)nc2[nH]cc(Br)c2c1=O. The van der Waals surface area contributed by atoms with E-state index in [-0.39, 0.29) is 30.6 Å². The Kier molecular flexibility index (Phi) is 6.08. The average molecular weight is 464 g/mol. The molecule has 0 unspecified atom stereocenters. The van der Waals surface area contributed by atoms with E-state index in [1.165, 1.54) is 0 Å². The summed E-state index contributed by atoms with van der Waals surface area (Å²) in [5.41, 5.74) is 7.90. The van der Waals surface area contributed by atoms with Gasteiger partial charge in [-0.25, -0.2) is 0 Å². The molecule has 146 valence electrons. The van der Waals surface area contributed by atoms with Gasteiger partial charge in [0.15, 0.2) is 0 Å². The highest BCUT2D eigenvalue weighted by Gasteiger charge is 2.24. The van der Waals surface area contributed by atoms with Gasteiger partial charge in [0.25, 0.3) is 5.56 Å². The molecule has 1 fully saturated rings. The fourth-order valence-electron chi connectivity index (χ4n) is 3.58. The van der Waals surface area contributed by atoms with Gasteiger partial charge in [-0.15, -0.1) is 12.4 Å². The molecule has 3 aromatic rings. The van der Waals surface area contributed by atoms with Gasteiger partial charge in [-0.3, -0.25) is 9.36 Å². The Bertz CT molecular complexity index is 1100. The number of anilines is 1. The number of nitrogens with two attached hydrogens (primary N) is 1. The predicted molar refractivity (Wildman–Crippen MR) is 115 cm³/mol. The van der Waals surface area contributed by atoms with Crippen molar-refractivity contribution in [1.29, 1.82) is 5.26 Å². The summed E-state index contributed by atoms with van der Waals surface area (Å²) in [6.45, 7) is 1.73. The van der Waals surface area contributed by atoms with Crippen molar-refractivity contribution in [1.82, 2.24) is 14.5 Å². The second-order valence-electron chi connectivity index (χ2n) is 6.78. The van der Waals surface area contributed by atoms with E-state index in [0.29, 0.717) is 33.6 Å². The monoisotopic (exact) mass is 462 g/mol. The van der Waals surface area contributed by atoms with Gasteiger partial charge in [0, 0.05) is 25.3 Å². The summed E-state index contributed by atoms with van der Waals surface area (Å²) in [5.74, 6) is 0.588. The van der Waals surface area contributed by atoms with Crippen LogP contribution in [0.2, 0.25) is 0 Å². The van der Waals surface area contributed by atoms with Crippen molar-refractivity contribution in [2.45, 2.75) is 25.4 Å². The van der Waals surface area contributed by atoms with Gasteiger partial charge in [-0.05, 0) is 40.4 Å². The first kappa shape index (κ1) is 20.4. The minimum absolute atomic E-state index is 0. The van der Waals surface area contributed by atoms with E-state index < -0.39 is 0 Å². The molecule has 1 aliphatic heterocycles. The molecule has 3 N–H and O–H groups in total. The molecular weight excluding hydrogens is 444 g/mol. The van der Waals surface area contributed by atoms with Crippen molar-refractivity contribution in [3.63, 3.8) is 0 Å². The van der Waals surface area contributed by atoms with Crippen molar-refractivity contribution in [3.05, 3.63) is 56.4 Å². The summed E-state index contributed by atoms with van der Waals surface area (Å²) in [5, 5.41) is 9.92. The molecule has 4 rings (SSSR count). The second kappa shape index (κ2) is 8.35. The molecule has 0 spiro atoms. The van der Waals surface area contributed by atoms with Crippen LogP contribution in [0.5, 0.6) is 0 Å². The first-order valence-electron chi connectivity index (χ1n) is 8.84. The first-order valence-corrected chi connectivity index (χ1v) is 9.63. The largest absolute Gasteiger partial charge is 0.345 e.